The van der Waals surface area contributed by atoms with Crippen LogP contribution in [0, 0.1) is 6.92 Å². The number of nitrogens with zero attached hydrogens (tertiary/aromatic N) is 1. The topological polar surface area (TPSA) is 66.5 Å². The van der Waals surface area contributed by atoms with Crippen molar-refractivity contribution in [2.45, 2.75) is 57.9 Å². The standard InChI is InChI=1S/C28H34N2O3S/c1-6-23-9-11-25(12-10-23)22(5)29-28(31)19-30(26-15-13-24(14-16-26)20(2)3)34(32,33)27-17-7-21(4)8-18-27/h7-18,20,22H,6,19H2,1-5H3,(H,29,31)/t22-/m0/s1. The Kier molecular flexibility index (Phi) is 8.15. The summed E-state index contributed by atoms with van der Waals surface area (Å²) in [7, 11) is -3.94. The fourth-order valence-corrected chi connectivity index (χ4v) is 5.14. The Balaban J connectivity index is 1.88. The quantitative estimate of drug-likeness (QED) is 0.426. The zero-order valence-corrected chi connectivity index (χ0v) is 21.4. The third kappa shape index (κ3) is 6.06. The minimum Gasteiger partial charge on any atom is -0.348 e. The maximum Gasteiger partial charge on any atom is 0.264 e. The molecule has 5 nitrogen and oxygen atoms in total. The number of nitrogens with one attached hydrogen (secondary N) is 1. The first-order valence-electron chi connectivity index (χ1n) is 11.7. The first kappa shape index (κ1) is 25.5. The lowest BCUT2D eigenvalue weighted by Gasteiger charge is -2.25. The number of benzene rings is 3. The Morgan fingerprint density at radius 3 is 1.94 bits per heavy atom. The summed E-state index contributed by atoms with van der Waals surface area (Å²) in [6.45, 7) is 9.75. The van der Waals surface area contributed by atoms with E-state index in [2.05, 4.69) is 26.1 Å². The molecule has 0 aliphatic heterocycles. The molecular formula is C28H34N2O3S. The summed E-state index contributed by atoms with van der Waals surface area (Å²) in [5, 5.41) is 2.95. The van der Waals surface area contributed by atoms with Gasteiger partial charge in [-0.15, -0.1) is 0 Å². The molecule has 0 aromatic heterocycles. The van der Waals surface area contributed by atoms with Gasteiger partial charge >= 0.3 is 0 Å². The van der Waals surface area contributed by atoms with E-state index < -0.39 is 10.0 Å². The van der Waals surface area contributed by atoms with E-state index in [0.29, 0.717) is 11.6 Å². The highest BCUT2D eigenvalue weighted by Crippen LogP contribution is 2.26. The number of carbonyl (C=O) groups excluding carboxylic acids is 1. The second-order valence-electron chi connectivity index (χ2n) is 8.96. The van der Waals surface area contributed by atoms with Crippen LogP contribution in [0.15, 0.2) is 77.7 Å². The number of rotatable bonds is 9. The van der Waals surface area contributed by atoms with Crippen molar-refractivity contribution in [3.8, 4) is 0 Å². The molecule has 0 radical (unpaired) electrons. The van der Waals surface area contributed by atoms with Crippen LogP contribution in [0.1, 0.15) is 61.9 Å². The van der Waals surface area contributed by atoms with Crippen molar-refractivity contribution in [1.82, 2.24) is 5.32 Å². The largest absolute Gasteiger partial charge is 0.348 e. The van der Waals surface area contributed by atoms with Gasteiger partial charge in [0.1, 0.15) is 6.54 Å². The lowest BCUT2D eigenvalue weighted by Crippen LogP contribution is -2.41. The number of sulfonamides is 1. The van der Waals surface area contributed by atoms with Crippen LogP contribution in [-0.4, -0.2) is 20.9 Å². The molecule has 1 amide bonds. The number of amides is 1. The molecule has 0 fully saturated rings. The fourth-order valence-electron chi connectivity index (χ4n) is 3.72. The molecule has 6 heteroatoms. The molecule has 0 aliphatic carbocycles. The molecule has 0 bridgehead atoms. The van der Waals surface area contributed by atoms with Crippen molar-refractivity contribution >= 4 is 21.6 Å². The molecule has 0 spiro atoms. The van der Waals surface area contributed by atoms with Crippen molar-refractivity contribution in [1.29, 1.82) is 0 Å². The average Bonchev–Trinajstić information content (AvgIpc) is 2.82. The van der Waals surface area contributed by atoms with E-state index in [1.165, 1.54) is 9.87 Å². The maximum absolute atomic E-state index is 13.6. The number of carbonyl (C=O) groups is 1. The molecule has 180 valence electrons. The van der Waals surface area contributed by atoms with Crippen LogP contribution in [0.2, 0.25) is 0 Å². The molecule has 0 unspecified atom stereocenters. The zero-order chi connectivity index (χ0) is 24.9. The summed E-state index contributed by atoms with van der Waals surface area (Å²) < 4.78 is 28.3. The van der Waals surface area contributed by atoms with E-state index in [1.807, 2.05) is 50.2 Å². The predicted molar refractivity (Wildman–Crippen MR) is 139 cm³/mol. The highest BCUT2D eigenvalue weighted by molar-refractivity contribution is 7.92. The van der Waals surface area contributed by atoms with Crippen LogP contribution in [0.25, 0.3) is 0 Å². The van der Waals surface area contributed by atoms with Crippen molar-refractivity contribution in [2.75, 3.05) is 10.8 Å². The third-order valence-corrected chi connectivity index (χ3v) is 7.80. The molecule has 1 N–H and O–H groups in total. The smallest absolute Gasteiger partial charge is 0.264 e. The lowest BCUT2D eigenvalue weighted by molar-refractivity contribution is -0.120. The zero-order valence-electron chi connectivity index (χ0n) is 20.6. The summed E-state index contributed by atoms with van der Waals surface area (Å²) in [5.41, 5.74) is 4.72. The van der Waals surface area contributed by atoms with Crippen molar-refractivity contribution in [3.05, 3.63) is 95.1 Å². The highest BCUT2D eigenvalue weighted by Gasteiger charge is 2.27. The Hall–Kier alpha value is -3.12. The van der Waals surface area contributed by atoms with Crippen molar-refractivity contribution < 1.29 is 13.2 Å². The summed E-state index contributed by atoms with van der Waals surface area (Å²) >= 11 is 0. The van der Waals surface area contributed by atoms with Gasteiger partial charge in [-0.25, -0.2) is 8.42 Å². The number of aryl methyl sites for hydroxylation is 2. The van der Waals surface area contributed by atoms with Gasteiger partial charge in [0, 0.05) is 0 Å². The van der Waals surface area contributed by atoms with E-state index in [1.54, 1.807) is 36.4 Å². The van der Waals surface area contributed by atoms with Gasteiger partial charge in [0.15, 0.2) is 0 Å². The third-order valence-electron chi connectivity index (χ3n) is 6.01. The van der Waals surface area contributed by atoms with Crippen LogP contribution in [-0.2, 0) is 21.2 Å². The van der Waals surface area contributed by atoms with Crippen LogP contribution >= 0.6 is 0 Å². The Morgan fingerprint density at radius 1 is 0.853 bits per heavy atom. The minimum absolute atomic E-state index is 0.155. The molecular weight excluding hydrogens is 444 g/mol. The van der Waals surface area contributed by atoms with E-state index >= 15 is 0 Å². The number of hydrogen-bond acceptors (Lipinski definition) is 3. The second-order valence-corrected chi connectivity index (χ2v) is 10.8. The molecule has 3 aromatic rings. The van der Waals surface area contributed by atoms with E-state index in [-0.39, 0.29) is 23.4 Å². The first-order chi connectivity index (χ1) is 16.1. The van der Waals surface area contributed by atoms with Gasteiger partial charge < -0.3 is 5.32 Å². The van der Waals surface area contributed by atoms with Gasteiger partial charge in [0.25, 0.3) is 10.0 Å². The molecule has 3 aromatic carbocycles. The molecule has 0 saturated carbocycles. The summed E-state index contributed by atoms with van der Waals surface area (Å²) in [6.07, 6.45) is 0.947. The van der Waals surface area contributed by atoms with E-state index in [9.17, 15) is 13.2 Å². The Morgan fingerprint density at radius 2 is 1.41 bits per heavy atom. The van der Waals surface area contributed by atoms with Gasteiger partial charge in [-0.05, 0) is 67.1 Å². The molecule has 34 heavy (non-hydrogen) atoms. The van der Waals surface area contributed by atoms with Crippen LogP contribution in [0.4, 0.5) is 5.69 Å². The molecule has 1 atom stereocenters. The summed E-state index contributed by atoms with van der Waals surface area (Å²) in [5.74, 6) is -0.0462. The normalized spacial score (nSPS) is 12.4. The Labute approximate surface area is 203 Å². The number of hydrogen-bond donors (Lipinski definition) is 1. The lowest BCUT2D eigenvalue weighted by atomic mass is 10.0. The maximum atomic E-state index is 13.6. The summed E-state index contributed by atoms with van der Waals surface area (Å²) in [4.78, 5) is 13.2. The number of anilines is 1. The first-order valence-corrected chi connectivity index (χ1v) is 13.1. The van der Waals surface area contributed by atoms with Gasteiger partial charge in [0.2, 0.25) is 5.91 Å². The monoisotopic (exact) mass is 478 g/mol. The summed E-state index contributed by atoms with van der Waals surface area (Å²) in [6, 6.07) is 21.9. The molecule has 0 heterocycles. The van der Waals surface area contributed by atoms with Crippen LogP contribution < -0.4 is 9.62 Å². The predicted octanol–water partition coefficient (Wildman–Crippen LogP) is 5.75. The van der Waals surface area contributed by atoms with Crippen molar-refractivity contribution in [2.24, 2.45) is 0 Å². The van der Waals surface area contributed by atoms with E-state index in [0.717, 1.165) is 23.1 Å². The van der Waals surface area contributed by atoms with E-state index in [4.69, 9.17) is 0 Å². The molecule has 0 aliphatic rings. The van der Waals surface area contributed by atoms with Gasteiger partial charge in [-0.2, -0.15) is 0 Å². The molecule has 0 saturated heterocycles. The minimum atomic E-state index is -3.94. The molecule has 3 rings (SSSR count). The van der Waals surface area contributed by atoms with Gasteiger partial charge in [-0.3, -0.25) is 9.10 Å². The van der Waals surface area contributed by atoms with Gasteiger partial charge in [0.05, 0.1) is 16.6 Å². The van der Waals surface area contributed by atoms with Crippen LogP contribution in [0.5, 0.6) is 0 Å². The highest BCUT2D eigenvalue weighted by atomic mass is 32.2. The van der Waals surface area contributed by atoms with Crippen LogP contribution in [0.3, 0.4) is 0 Å². The average molecular weight is 479 g/mol. The van der Waals surface area contributed by atoms with Crippen molar-refractivity contribution in [3.63, 3.8) is 0 Å². The fraction of sp³-hybridized carbons (Fsp3) is 0.321. The Bertz CT molecular complexity index is 1200. The van der Waals surface area contributed by atoms with Gasteiger partial charge in [-0.1, -0.05) is 74.9 Å². The SMILES string of the molecule is CCc1ccc([C@H](C)NC(=O)CN(c2ccc(C(C)C)cc2)S(=O)(=O)c2ccc(C)cc2)cc1. The second kappa shape index (κ2) is 10.9.